The zero-order valence-corrected chi connectivity index (χ0v) is 18.9. The van der Waals surface area contributed by atoms with Gasteiger partial charge in [-0.15, -0.1) is 0 Å². The van der Waals surface area contributed by atoms with Crippen molar-refractivity contribution >= 4 is 40.9 Å². The number of para-hydroxylation sites is 3. The van der Waals surface area contributed by atoms with Crippen LogP contribution in [-0.4, -0.2) is 40.0 Å². The molecule has 1 N–H and O–H groups in total. The van der Waals surface area contributed by atoms with E-state index in [0.29, 0.717) is 17.9 Å². The third-order valence-corrected chi connectivity index (χ3v) is 5.77. The number of hydrogen-bond donors (Lipinski definition) is 1. The first kappa shape index (κ1) is 23.1. The van der Waals surface area contributed by atoms with Crippen LogP contribution >= 0.6 is 11.8 Å². The number of carboxylic acid groups (broad SMARTS) is 1. The highest BCUT2D eigenvalue weighted by molar-refractivity contribution is 7.99. The van der Waals surface area contributed by atoms with E-state index in [-0.39, 0.29) is 11.7 Å². The van der Waals surface area contributed by atoms with Crippen LogP contribution in [0.5, 0.6) is 5.75 Å². The number of benzene rings is 3. The molecule has 9 heteroatoms. The molecule has 0 atom stereocenters. The fourth-order valence-electron chi connectivity index (χ4n) is 3.27. The van der Waals surface area contributed by atoms with Gasteiger partial charge in [0.2, 0.25) is 0 Å². The van der Waals surface area contributed by atoms with Crippen molar-refractivity contribution in [3.63, 3.8) is 0 Å². The van der Waals surface area contributed by atoms with Gasteiger partial charge in [-0.2, -0.15) is 5.10 Å². The van der Waals surface area contributed by atoms with Gasteiger partial charge in [-0.1, -0.05) is 66.4 Å². The molecule has 4 aromatic rings. The van der Waals surface area contributed by atoms with Gasteiger partial charge in [-0.05, 0) is 29.8 Å². The number of hydrogen-bond acceptors (Lipinski definition) is 7. The second kappa shape index (κ2) is 11.2. The molecule has 34 heavy (non-hydrogen) atoms. The van der Waals surface area contributed by atoms with Crippen LogP contribution in [0.3, 0.4) is 0 Å². The lowest BCUT2D eigenvalue weighted by atomic mass is 10.2. The van der Waals surface area contributed by atoms with E-state index in [1.807, 2.05) is 42.5 Å². The lowest BCUT2D eigenvalue weighted by Crippen LogP contribution is -2.29. The first-order valence-corrected chi connectivity index (χ1v) is 11.4. The Kier molecular flexibility index (Phi) is 7.56. The zero-order valence-electron chi connectivity index (χ0n) is 18.1. The summed E-state index contributed by atoms with van der Waals surface area (Å²) in [5, 5.41) is 15.3. The van der Waals surface area contributed by atoms with E-state index in [0.717, 1.165) is 21.8 Å². The third-order valence-electron chi connectivity index (χ3n) is 4.79. The Labute approximate surface area is 200 Å². The Hall–Kier alpha value is -4.11. The summed E-state index contributed by atoms with van der Waals surface area (Å²) in [6.45, 7) is 0.0734. The van der Waals surface area contributed by atoms with Gasteiger partial charge >= 0.3 is 0 Å². The van der Waals surface area contributed by atoms with Crippen LogP contribution in [0, 0.1) is 0 Å². The molecule has 0 bridgehead atoms. The van der Waals surface area contributed by atoms with Crippen molar-refractivity contribution in [2.75, 3.05) is 12.4 Å². The fraction of sp³-hybridized carbons (Fsp3) is 0.120. The molecule has 1 amide bonds. The monoisotopic (exact) mass is 473 g/mol. The summed E-state index contributed by atoms with van der Waals surface area (Å²) in [6, 6.07) is 24.7. The zero-order chi connectivity index (χ0) is 23.8. The summed E-state index contributed by atoms with van der Waals surface area (Å²) in [5.74, 6) is -1.17. The van der Waals surface area contributed by atoms with Crippen molar-refractivity contribution in [3.8, 4) is 5.75 Å². The highest BCUT2D eigenvalue weighted by Crippen LogP contribution is 2.25. The highest BCUT2D eigenvalue weighted by atomic mass is 32.2. The van der Waals surface area contributed by atoms with E-state index in [2.05, 4.69) is 27.2 Å². The van der Waals surface area contributed by atoms with Crippen molar-refractivity contribution in [1.29, 1.82) is 0 Å². The molecule has 0 unspecified atom stereocenters. The molecule has 0 aliphatic carbocycles. The van der Waals surface area contributed by atoms with E-state index < -0.39 is 12.6 Å². The predicted molar refractivity (Wildman–Crippen MR) is 129 cm³/mol. The topological polar surface area (TPSA) is 109 Å². The van der Waals surface area contributed by atoms with Gasteiger partial charge in [-0.25, -0.2) is 10.4 Å². The summed E-state index contributed by atoms with van der Waals surface area (Å²) < 4.78 is 7.27. The maximum absolute atomic E-state index is 12.4. The SMILES string of the molecule is O=C([O-])COc1ccccc1/C=N/NC(=O)CSc1nc2ccccc2n1Cc1ccccc1. The van der Waals surface area contributed by atoms with Crippen LogP contribution in [0.15, 0.2) is 89.1 Å². The molecule has 4 rings (SSSR count). The van der Waals surface area contributed by atoms with E-state index in [4.69, 9.17) is 9.72 Å². The number of carbonyl (C=O) groups is 2. The van der Waals surface area contributed by atoms with Crippen LogP contribution in [0.1, 0.15) is 11.1 Å². The van der Waals surface area contributed by atoms with E-state index in [9.17, 15) is 14.7 Å². The average molecular weight is 474 g/mol. The van der Waals surface area contributed by atoms with Gasteiger partial charge in [0.05, 0.1) is 35.5 Å². The van der Waals surface area contributed by atoms with Crippen molar-refractivity contribution < 1.29 is 19.4 Å². The number of fused-ring (bicyclic) bond motifs is 1. The second-order valence-electron chi connectivity index (χ2n) is 7.24. The third kappa shape index (κ3) is 6.02. The summed E-state index contributed by atoms with van der Waals surface area (Å²) in [7, 11) is 0. The maximum Gasteiger partial charge on any atom is 0.250 e. The number of hydrazone groups is 1. The molecule has 0 saturated carbocycles. The molecule has 1 aromatic heterocycles. The number of amides is 1. The van der Waals surface area contributed by atoms with Crippen molar-refractivity contribution in [2.45, 2.75) is 11.7 Å². The smallest absolute Gasteiger partial charge is 0.250 e. The number of aliphatic carboxylic acids is 1. The van der Waals surface area contributed by atoms with Crippen LogP contribution in [-0.2, 0) is 16.1 Å². The Morgan fingerprint density at radius 3 is 2.59 bits per heavy atom. The number of rotatable bonds is 10. The Bertz CT molecular complexity index is 1320. The quantitative estimate of drug-likeness (QED) is 0.215. The minimum absolute atomic E-state index is 0.123. The number of aromatic nitrogens is 2. The number of nitrogens with one attached hydrogen (secondary N) is 1. The second-order valence-corrected chi connectivity index (χ2v) is 8.18. The molecule has 1 heterocycles. The minimum atomic E-state index is -1.32. The molecular formula is C25H21N4O4S-. The first-order chi connectivity index (χ1) is 16.6. The number of nitrogens with zero attached hydrogens (tertiary/aromatic N) is 3. The molecule has 0 spiro atoms. The maximum atomic E-state index is 12.4. The van der Waals surface area contributed by atoms with Crippen LogP contribution in [0.25, 0.3) is 11.0 Å². The first-order valence-electron chi connectivity index (χ1n) is 10.5. The van der Waals surface area contributed by atoms with Gasteiger partial charge in [0.25, 0.3) is 5.91 Å². The Morgan fingerprint density at radius 1 is 1.03 bits per heavy atom. The molecule has 0 fully saturated rings. The number of thioether (sulfide) groups is 1. The Morgan fingerprint density at radius 2 is 1.76 bits per heavy atom. The van der Waals surface area contributed by atoms with Gasteiger partial charge in [-0.3, -0.25) is 4.79 Å². The van der Waals surface area contributed by atoms with E-state index in [1.165, 1.54) is 18.0 Å². The summed E-state index contributed by atoms with van der Waals surface area (Å²) >= 11 is 1.33. The standard InChI is InChI=1S/C25H22N4O4S/c30-23(28-26-14-19-10-4-7-13-22(19)33-16-24(31)32)17-34-25-27-20-11-5-6-12-21(20)29(25)15-18-8-2-1-3-9-18/h1-14H,15-17H2,(H,28,30)(H,31,32)/p-1/b26-14+. The molecule has 0 aliphatic rings. The summed E-state index contributed by atoms with van der Waals surface area (Å²) in [4.78, 5) is 27.7. The molecule has 0 aliphatic heterocycles. The summed E-state index contributed by atoms with van der Waals surface area (Å²) in [5.41, 5.74) is 6.02. The Balaban J connectivity index is 1.40. The van der Waals surface area contributed by atoms with Gasteiger partial charge in [0, 0.05) is 5.56 Å². The number of ether oxygens (including phenoxy) is 1. The molecule has 0 radical (unpaired) electrons. The molecule has 3 aromatic carbocycles. The van der Waals surface area contributed by atoms with Gasteiger partial charge in [0.15, 0.2) is 5.16 Å². The highest BCUT2D eigenvalue weighted by Gasteiger charge is 2.13. The molecular weight excluding hydrogens is 452 g/mol. The van der Waals surface area contributed by atoms with Crippen LogP contribution < -0.4 is 15.3 Å². The van der Waals surface area contributed by atoms with Crippen molar-refractivity contribution in [3.05, 3.63) is 90.0 Å². The van der Waals surface area contributed by atoms with E-state index in [1.54, 1.807) is 24.3 Å². The fourth-order valence-corrected chi connectivity index (χ4v) is 4.08. The summed E-state index contributed by atoms with van der Waals surface area (Å²) in [6.07, 6.45) is 1.40. The average Bonchev–Trinajstić information content (AvgIpc) is 3.20. The van der Waals surface area contributed by atoms with E-state index >= 15 is 0 Å². The lowest BCUT2D eigenvalue weighted by Gasteiger charge is -2.09. The molecule has 0 saturated heterocycles. The lowest BCUT2D eigenvalue weighted by molar-refractivity contribution is -0.307. The van der Waals surface area contributed by atoms with Gasteiger partial charge < -0.3 is 19.2 Å². The van der Waals surface area contributed by atoms with Crippen molar-refractivity contribution in [1.82, 2.24) is 15.0 Å². The number of carbonyl (C=O) groups excluding carboxylic acids is 2. The molecule has 172 valence electrons. The van der Waals surface area contributed by atoms with Gasteiger partial charge in [0.1, 0.15) is 12.4 Å². The number of carboxylic acids is 1. The predicted octanol–water partition coefficient (Wildman–Crippen LogP) is 2.46. The largest absolute Gasteiger partial charge is 0.546 e. The minimum Gasteiger partial charge on any atom is -0.546 e. The normalized spacial score (nSPS) is 11.1. The molecule has 8 nitrogen and oxygen atoms in total. The van der Waals surface area contributed by atoms with Crippen LogP contribution in [0.4, 0.5) is 0 Å². The van der Waals surface area contributed by atoms with Crippen LogP contribution in [0.2, 0.25) is 0 Å². The van der Waals surface area contributed by atoms with Crippen molar-refractivity contribution in [2.24, 2.45) is 5.10 Å². The number of imidazole rings is 1.